The number of nitrogens with two attached hydrogens (primary N) is 1. The van der Waals surface area contributed by atoms with Crippen LogP contribution in [0.3, 0.4) is 0 Å². The highest BCUT2D eigenvalue weighted by Gasteiger charge is 2.20. The molecule has 1 atom stereocenters. The standard InChI is InChI=1S/C14H16FN3O2/c1-9(16)14(20)17(2)8-12(19)10-5-7-18-6-3-4-11(15)13(10)18/h3-7,9H,8,16H2,1-2H3/t9-/m0/s1. The van der Waals surface area contributed by atoms with Gasteiger partial charge in [0.15, 0.2) is 5.78 Å². The van der Waals surface area contributed by atoms with Gasteiger partial charge in [-0.1, -0.05) is 0 Å². The first-order valence-corrected chi connectivity index (χ1v) is 6.20. The Morgan fingerprint density at radius 1 is 1.40 bits per heavy atom. The Kier molecular flexibility index (Phi) is 3.85. The molecular weight excluding hydrogens is 261 g/mol. The van der Waals surface area contributed by atoms with Gasteiger partial charge in [-0.05, 0) is 25.1 Å². The SMILES string of the molecule is C[C@H](N)C(=O)N(C)CC(=O)c1ccn2cccc(F)c12. The van der Waals surface area contributed by atoms with Crippen molar-refractivity contribution in [1.29, 1.82) is 0 Å². The monoisotopic (exact) mass is 277 g/mol. The van der Waals surface area contributed by atoms with Crippen molar-refractivity contribution in [3.63, 3.8) is 0 Å². The Balaban J connectivity index is 2.26. The number of pyridine rings is 1. The smallest absolute Gasteiger partial charge is 0.239 e. The number of halogens is 1. The number of ketones is 1. The number of aromatic nitrogens is 1. The molecule has 0 fully saturated rings. The number of hydrogen-bond acceptors (Lipinski definition) is 3. The van der Waals surface area contributed by atoms with Crippen molar-refractivity contribution >= 4 is 17.2 Å². The summed E-state index contributed by atoms with van der Waals surface area (Å²) >= 11 is 0. The fourth-order valence-corrected chi connectivity index (χ4v) is 2.07. The van der Waals surface area contributed by atoms with Crippen LogP contribution in [0.15, 0.2) is 30.6 Å². The molecule has 2 rings (SSSR count). The highest BCUT2D eigenvalue weighted by molar-refractivity contribution is 6.05. The molecule has 0 saturated carbocycles. The predicted octanol–water partition coefficient (Wildman–Crippen LogP) is 1.07. The summed E-state index contributed by atoms with van der Waals surface area (Å²) < 4.78 is 15.3. The first-order valence-electron chi connectivity index (χ1n) is 6.20. The number of rotatable bonds is 4. The third kappa shape index (κ3) is 2.55. The molecule has 2 N–H and O–H groups in total. The summed E-state index contributed by atoms with van der Waals surface area (Å²) in [6.45, 7) is 1.42. The normalized spacial score (nSPS) is 12.4. The molecule has 0 bridgehead atoms. The summed E-state index contributed by atoms with van der Waals surface area (Å²) in [6, 6.07) is 3.73. The largest absolute Gasteiger partial charge is 0.337 e. The van der Waals surface area contributed by atoms with Crippen LogP contribution in [0.5, 0.6) is 0 Å². The van der Waals surface area contributed by atoms with Gasteiger partial charge in [0, 0.05) is 25.0 Å². The van der Waals surface area contributed by atoms with Crippen LogP contribution in [0.25, 0.3) is 5.52 Å². The second-order valence-corrected chi connectivity index (χ2v) is 4.75. The quantitative estimate of drug-likeness (QED) is 0.850. The fourth-order valence-electron chi connectivity index (χ4n) is 2.07. The second-order valence-electron chi connectivity index (χ2n) is 4.75. The highest BCUT2D eigenvalue weighted by atomic mass is 19.1. The number of nitrogens with zero attached hydrogens (tertiary/aromatic N) is 2. The molecule has 5 nitrogen and oxygen atoms in total. The van der Waals surface area contributed by atoms with Gasteiger partial charge in [-0.15, -0.1) is 0 Å². The summed E-state index contributed by atoms with van der Waals surface area (Å²) in [5.74, 6) is -1.13. The summed E-state index contributed by atoms with van der Waals surface area (Å²) in [7, 11) is 1.50. The van der Waals surface area contributed by atoms with Gasteiger partial charge in [-0.3, -0.25) is 9.59 Å². The molecule has 2 aromatic heterocycles. The molecule has 0 saturated heterocycles. The van der Waals surface area contributed by atoms with E-state index < -0.39 is 11.9 Å². The van der Waals surface area contributed by atoms with Crippen molar-refractivity contribution in [1.82, 2.24) is 9.30 Å². The van der Waals surface area contributed by atoms with Crippen LogP contribution >= 0.6 is 0 Å². The van der Waals surface area contributed by atoms with Crippen LogP contribution in [0, 0.1) is 5.82 Å². The van der Waals surface area contributed by atoms with Crippen molar-refractivity contribution < 1.29 is 14.0 Å². The average molecular weight is 277 g/mol. The van der Waals surface area contributed by atoms with Gasteiger partial charge in [0.2, 0.25) is 5.91 Å². The molecule has 0 spiro atoms. The van der Waals surface area contributed by atoms with Gasteiger partial charge < -0.3 is 15.0 Å². The van der Waals surface area contributed by atoms with Gasteiger partial charge in [0.25, 0.3) is 0 Å². The maximum Gasteiger partial charge on any atom is 0.239 e. The minimum atomic E-state index is -0.671. The third-order valence-corrected chi connectivity index (χ3v) is 3.08. The van der Waals surface area contributed by atoms with Crippen LogP contribution in [0.2, 0.25) is 0 Å². The maximum absolute atomic E-state index is 13.8. The van der Waals surface area contributed by atoms with E-state index in [1.54, 1.807) is 31.5 Å². The first kappa shape index (κ1) is 14.2. The molecule has 2 aromatic rings. The first-order chi connectivity index (χ1) is 9.41. The fraction of sp³-hybridized carbons (Fsp3) is 0.286. The lowest BCUT2D eigenvalue weighted by atomic mass is 10.1. The number of hydrogen-bond donors (Lipinski definition) is 1. The molecule has 0 aromatic carbocycles. The average Bonchev–Trinajstić information content (AvgIpc) is 2.83. The molecule has 2 heterocycles. The van der Waals surface area contributed by atoms with Crippen molar-refractivity contribution in [3.05, 3.63) is 42.0 Å². The van der Waals surface area contributed by atoms with Gasteiger partial charge in [-0.25, -0.2) is 4.39 Å². The predicted molar refractivity (Wildman–Crippen MR) is 73.0 cm³/mol. The van der Waals surface area contributed by atoms with E-state index in [9.17, 15) is 14.0 Å². The minimum Gasteiger partial charge on any atom is -0.337 e. The number of fused-ring (bicyclic) bond motifs is 1. The van der Waals surface area contributed by atoms with Gasteiger partial charge in [-0.2, -0.15) is 0 Å². The van der Waals surface area contributed by atoms with Crippen LogP contribution in [-0.2, 0) is 4.79 Å². The van der Waals surface area contributed by atoms with E-state index in [0.29, 0.717) is 0 Å². The van der Waals surface area contributed by atoms with Crippen LogP contribution in [0.4, 0.5) is 4.39 Å². The van der Waals surface area contributed by atoms with Crippen molar-refractivity contribution in [2.75, 3.05) is 13.6 Å². The Morgan fingerprint density at radius 2 is 2.10 bits per heavy atom. The zero-order valence-corrected chi connectivity index (χ0v) is 11.3. The number of carbonyl (C=O) groups excluding carboxylic acids is 2. The summed E-state index contributed by atoms with van der Waals surface area (Å²) in [5, 5.41) is 0. The Hall–Kier alpha value is -2.21. The van der Waals surface area contributed by atoms with E-state index in [-0.39, 0.29) is 29.3 Å². The third-order valence-electron chi connectivity index (χ3n) is 3.08. The van der Waals surface area contributed by atoms with E-state index in [4.69, 9.17) is 5.73 Å². The number of carbonyl (C=O) groups is 2. The number of likely N-dealkylation sites (N-methyl/N-ethyl adjacent to an activating group) is 1. The van der Waals surface area contributed by atoms with Crippen LogP contribution < -0.4 is 5.73 Å². The lowest BCUT2D eigenvalue weighted by Crippen LogP contribution is -2.42. The lowest BCUT2D eigenvalue weighted by Gasteiger charge is -2.18. The van der Waals surface area contributed by atoms with Crippen molar-refractivity contribution in [3.8, 4) is 0 Å². The topological polar surface area (TPSA) is 67.8 Å². The molecule has 106 valence electrons. The van der Waals surface area contributed by atoms with Gasteiger partial charge in [0.05, 0.1) is 18.1 Å². The summed E-state index contributed by atoms with van der Waals surface area (Å²) in [6.07, 6.45) is 3.27. The Morgan fingerprint density at radius 3 is 2.75 bits per heavy atom. The Bertz CT molecular complexity index is 663. The molecule has 0 unspecified atom stereocenters. The maximum atomic E-state index is 13.8. The zero-order valence-electron chi connectivity index (χ0n) is 11.3. The lowest BCUT2D eigenvalue weighted by molar-refractivity contribution is -0.130. The molecule has 1 amide bonds. The summed E-state index contributed by atoms with van der Waals surface area (Å²) in [4.78, 5) is 25.1. The van der Waals surface area contributed by atoms with E-state index in [1.807, 2.05) is 0 Å². The van der Waals surface area contributed by atoms with Crippen molar-refractivity contribution in [2.24, 2.45) is 5.73 Å². The number of Topliss-reactive ketones (excluding diaryl/α,β-unsaturated/α-hetero) is 1. The van der Waals surface area contributed by atoms with Gasteiger partial charge in [0.1, 0.15) is 5.82 Å². The molecular formula is C14H16FN3O2. The Labute approximate surface area is 115 Å². The van der Waals surface area contributed by atoms with Gasteiger partial charge >= 0.3 is 0 Å². The van der Waals surface area contributed by atoms with E-state index in [2.05, 4.69) is 0 Å². The van der Waals surface area contributed by atoms with Crippen LogP contribution in [0.1, 0.15) is 17.3 Å². The molecule has 20 heavy (non-hydrogen) atoms. The van der Waals surface area contributed by atoms with Crippen molar-refractivity contribution in [2.45, 2.75) is 13.0 Å². The molecule has 0 aliphatic carbocycles. The summed E-state index contributed by atoms with van der Waals surface area (Å²) in [5.41, 5.74) is 5.96. The molecule has 0 aliphatic rings. The van der Waals surface area contributed by atoms with E-state index in [0.717, 1.165) is 0 Å². The molecule has 0 aliphatic heterocycles. The van der Waals surface area contributed by atoms with E-state index >= 15 is 0 Å². The molecule has 0 radical (unpaired) electrons. The second kappa shape index (κ2) is 5.42. The number of amides is 1. The van der Waals surface area contributed by atoms with E-state index in [1.165, 1.54) is 22.4 Å². The molecule has 6 heteroatoms. The zero-order chi connectivity index (χ0) is 14.9. The highest BCUT2D eigenvalue weighted by Crippen LogP contribution is 2.17. The van der Waals surface area contributed by atoms with Crippen LogP contribution in [-0.4, -0.2) is 40.6 Å². The minimum absolute atomic E-state index is 0.131.